The van der Waals surface area contributed by atoms with Gasteiger partial charge >= 0.3 is 10.1 Å². The molecular weight excluding hydrogens is 385 g/mol. The predicted octanol–water partition coefficient (Wildman–Crippen LogP) is 5.36. The van der Waals surface area contributed by atoms with Gasteiger partial charge in [0.15, 0.2) is 22.2 Å². The standard InChI is InChI=1S/C18H27F3O5S/c1-2-3-4-5-6-7-8-9-10-11-12-26-17-15(21)16(22)13(19)14(20)18(17)27(23,24)25/h22H,2-12H2,1H3,(H,23,24,25). The fourth-order valence-corrected chi connectivity index (χ4v) is 3.43. The summed E-state index contributed by atoms with van der Waals surface area (Å²) in [5.74, 6) is -8.88. The second kappa shape index (κ2) is 11.4. The van der Waals surface area contributed by atoms with Crippen LogP contribution in [0, 0.1) is 17.5 Å². The number of hydrogen-bond acceptors (Lipinski definition) is 4. The van der Waals surface area contributed by atoms with E-state index in [1.807, 2.05) is 0 Å². The van der Waals surface area contributed by atoms with Crippen molar-refractivity contribution >= 4 is 10.1 Å². The van der Waals surface area contributed by atoms with Gasteiger partial charge in [-0.2, -0.15) is 17.2 Å². The highest BCUT2D eigenvalue weighted by atomic mass is 32.2. The van der Waals surface area contributed by atoms with E-state index in [4.69, 9.17) is 9.29 Å². The molecule has 1 rings (SSSR count). The zero-order valence-corrected chi connectivity index (χ0v) is 16.3. The molecule has 0 aliphatic carbocycles. The molecule has 0 bridgehead atoms. The molecule has 156 valence electrons. The van der Waals surface area contributed by atoms with Gasteiger partial charge < -0.3 is 9.84 Å². The quantitative estimate of drug-likeness (QED) is 0.259. The van der Waals surface area contributed by atoms with Crippen LogP contribution in [0.3, 0.4) is 0 Å². The molecule has 1 aromatic rings. The maximum Gasteiger partial charge on any atom is 0.301 e. The van der Waals surface area contributed by atoms with Crippen LogP contribution in [0.15, 0.2) is 4.90 Å². The second-order valence-corrected chi connectivity index (χ2v) is 7.81. The molecule has 0 aliphatic rings. The first-order valence-electron chi connectivity index (χ1n) is 9.21. The van der Waals surface area contributed by atoms with Crippen molar-refractivity contribution in [2.24, 2.45) is 0 Å². The Bertz CT molecular complexity index is 708. The minimum absolute atomic E-state index is 0.166. The molecule has 0 unspecified atom stereocenters. The van der Waals surface area contributed by atoms with Crippen molar-refractivity contribution < 1.29 is 36.0 Å². The molecule has 0 atom stereocenters. The predicted molar refractivity (Wildman–Crippen MR) is 95.1 cm³/mol. The highest BCUT2D eigenvalue weighted by Crippen LogP contribution is 2.38. The number of phenolic OH excluding ortho intramolecular Hbond substituents is 1. The average Bonchev–Trinajstić information content (AvgIpc) is 2.60. The Balaban J connectivity index is 2.49. The molecule has 0 saturated carbocycles. The normalized spacial score (nSPS) is 11.7. The summed E-state index contributed by atoms with van der Waals surface area (Å²) in [6.07, 6.45) is 10.3. The number of rotatable bonds is 13. The molecule has 0 amide bonds. The van der Waals surface area contributed by atoms with Crippen LogP contribution in [-0.2, 0) is 10.1 Å². The summed E-state index contributed by atoms with van der Waals surface area (Å²) >= 11 is 0. The average molecular weight is 412 g/mol. The Morgan fingerprint density at radius 1 is 0.815 bits per heavy atom. The first-order valence-corrected chi connectivity index (χ1v) is 10.7. The van der Waals surface area contributed by atoms with E-state index in [0.29, 0.717) is 6.42 Å². The molecule has 0 heterocycles. The number of hydrogen-bond donors (Lipinski definition) is 2. The van der Waals surface area contributed by atoms with E-state index < -0.39 is 44.0 Å². The Morgan fingerprint density at radius 2 is 1.30 bits per heavy atom. The van der Waals surface area contributed by atoms with Crippen molar-refractivity contribution in [2.45, 2.75) is 76.0 Å². The van der Waals surface area contributed by atoms with Crippen molar-refractivity contribution in [1.29, 1.82) is 0 Å². The summed E-state index contributed by atoms with van der Waals surface area (Å²) in [6.45, 7) is 2.00. The molecule has 1 aromatic carbocycles. The van der Waals surface area contributed by atoms with E-state index in [1.54, 1.807) is 0 Å². The summed E-state index contributed by atoms with van der Waals surface area (Å²) in [5, 5.41) is 9.19. The van der Waals surface area contributed by atoms with Gasteiger partial charge in [0.25, 0.3) is 0 Å². The van der Waals surface area contributed by atoms with Gasteiger partial charge in [-0.3, -0.25) is 4.55 Å². The number of unbranched alkanes of at least 4 members (excludes halogenated alkanes) is 9. The first kappa shape index (κ1) is 23.6. The number of benzene rings is 1. The highest BCUT2D eigenvalue weighted by Gasteiger charge is 2.33. The van der Waals surface area contributed by atoms with Crippen LogP contribution in [0.1, 0.15) is 71.1 Å². The molecule has 0 aromatic heterocycles. The van der Waals surface area contributed by atoms with E-state index in [9.17, 15) is 26.7 Å². The summed E-state index contributed by atoms with van der Waals surface area (Å²) in [5.41, 5.74) is 0. The lowest BCUT2D eigenvalue weighted by Crippen LogP contribution is -2.11. The number of phenols is 1. The Kier molecular flexibility index (Phi) is 9.93. The summed E-state index contributed by atoms with van der Waals surface area (Å²) in [7, 11) is -5.28. The van der Waals surface area contributed by atoms with Crippen molar-refractivity contribution in [3.05, 3.63) is 17.5 Å². The second-order valence-electron chi connectivity index (χ2n) is 6.45. The van der Waals surface area contributed by atoms with Crippen molar-refractivity contribution in [3.63, 3.8) is 0 Å². The smallest absolute Gasteiger partial charge is 0.301 e. The maximum atomic E-state index is 13.9. The van der Waals surface area contributed by atoms with Crippen molar-refractivity contribution in [2.75, 3.05) is 6.61 Å². The topological polar surface area (TPSA) is 83.8 Å². The molecule has 0 saturated heterocycles. The van der Waals surface area contributed by atoms with Gasteiger partial charge in [0, 0.05) is 0 Å². The summed E-state index contributed by atoms with van der Waals surface area (Å²) in [4.78, 5) is -1.65. The lowest BCUT2D eigenvalue weighted by molar-refractivity contribution is 0.263. The number of halogens is 3. The van der Waals surface area contributed by atoms with Gasteiger partial charge in [0.05, 0.1) is 6.61 Å². The van der Waals surface area contributed by atoms with E-state index in [0.717, 1.165) is 25.7 Å². The molecule has 27 heavy (non-hydrogen) atoms. The largest absolute Gasteiger partial charge is 0.503 e. The third-order valence-corrected chi connectivity index (χ3v) is 5.10. The lowest BCUT2D eigenvalue weighted by atomic mass is 10.1. The Morgan fingerprint density at radius 3 is 1.78 bits per heavy atom. The molecule has 2 N–H and O–H groups in total. The summed E-state index contributed by atoms with van der Waals surface area (Å²) in [6, 6.07) is 0. The van der Waals surface area contributed by atoms with Crippen LogP contribution in [0.4, 0.5) is 13.2 Å². The van der Waals surface area contributed by atoms with Gasteiger partial charge in [-0.05, 0) is 6.42 Å². The molecule has 0 aliphatic heterocycles. The number of aromatic hydroxyl groups is 1. The minimum Gasteiger partial charge on any atom is -0.503 e. The van der Waals surface area contributed by atoms with Crippen LogP contribution in [0.25, 0.3) is 0 Å². The van der Waals surface area contributed by atoms with E-state index in [1.165, 1.54) is 32.1 Å². The minimum atomic E-state index is -5.28. The third kappa shape index (κ3) is 7.21. The molecule has 5 nitrogen and oxygen atoms in total. The fourth-order valence-electron chi connectivity index (χ4n) is 2.73. The molecule has 9 heteroatoms. The van der Waals surface area contributed by atoms with Gasteiger partial charge in [0.2, 0.25) is 11.6 Å². The van der Waals surface area contributed by atoms with Gasteiger partial charge in [0.1, 0.15) is 0 Å². The highest BCUT2D eigenvalue weighted by molar-refractivity contribution is 7.86. The van der Waals surface area contributed by atoms with E-state index in [-0.39, 0.29) is 6.61 Å². The number of ether oxygens (including phenoxy) is 1. The van der Waals surface area contributed by atoms with Crippen molar-refractivity contribution in [1.82, 2.24) is 0 Å². The van der Waals surface area contributed by atoms with Crippen molar-refractivity contribution in [3.8, 4) is 11.5 Å². The fraction of sp³-hybridized carbons (Fsp3) is 0.667. The zero-order chi connectivity index (χ0) is 20.4. The SMILES string of the molecule is CCCCCCCCCCCCOc1c(F)c(O)c(F)c(F)c1S(=O)(=O)O. The van der Waals surface area contributed by atoms with Crippen LogP contribution >= 0.6 is 0 Å². The van der Waals surface area contributed by atoms with Crippen LogP contribution in [0.5, 0.6) is 11.5 Å². The lowest BCUT2D eigenvalue weighted by Gasteiger charge is -2.13. The van der Waals surface area contributed by atoms with E-state index in [2.05, 4.69) is 6.92 Å². The first-order chi connectivity index (χ1) is 12.7. The molecular formula is C18H27F3O5S. The maximum absolute atomic E-state index is 13.9. The Labute approximate surface area is 158 Å². The van der Waals surface area contributed by atoms with Gasteiger partial charge in [-0.15, -0.1) is 0 Å². The molecule has 0 radical (unpaired) electrons. The van der Waals surface area contributed by atoms with E-state index >= 15 is 0 Å². The van der Waals surface area contributed by atoms with Crippen LogP contribution in [0.2, 0.25) is 0 Å². The Hall–Kier alpha value is -1.48. The van der Waals surface area contributed by atoms with Gasteiger partial charge in [-0.1, -0.05) is 64.7 Å². The molecule has 0 spiro atoms. The van der Waals surface area contributed by atoms with Crippen LogP contribution < -0.4 is 4.74 Å². The molecule has 0 fully saturated rings. The zero-order valence-electron chi connectivity index (χ0n) is 15.4. The monoisotopic (exact) mass is 412 g/mol. The van der Waals surface area contributed by atoms with Crippen LogP contribution in [-0.4, -0.2) is 24.7 Å². The van der Waals surface area contributed by atoms with Gasteiger partial charge in [-0.25, -0.2) is 4.39 Å². The third-order valence-electron chi connectivity index (χ3n) is 4.22. The summed E-state index contributed by atoms with van der Waals surface area (Å²) < 4.78 is 77.2.